The highest BCUT2D eigenvalue weighted by molar-refractivity contribution is 5.74. The Morgan fingerprint density at radius 1 is 1.58 bits per heavy atom. The molecule has 0 aliphatic heterocycles. The van der Waals surface area contributed by atoms with Gasteiger partial charge in [0, 0.05) is 0 Å². The van der Waals surface area contributed by atoms with Gasteiger partial charge >= 0.3 is 5.82 Å². The lowest BCUT2D eigenvalue weighted by Gasteiger charge is -1.91. The number of aromatic nitrogens is 1. The SMILES string of the molecule is O=Cc1c[nH]c([N+](=O)[O-])cc1=O. The number of rotatable bonds is 2. The second-order valence-electron chi connectivity index (χ2n) is 2.01. The quantitative estimate of drug-likeness (QED) is 0.385. The molecule has 0 amide bonds. The van der Waals surface area contributed by atoms with Crippen LogP contribution in [-0.2, 0) is 0 Å². The van der Waals surface area contributed by atoms with Gasteiger partial charge in [0.25, 0.3) is 0 Å². The molecule has 1 heterocycles. The molecular weight excluding hydrogens is 164 g/mol. The maximum absolute atomic E-state index is 10.8. The highest BCUT2D eigenvalue weighted by Gasteiger charge is 2.06. The van der Waals surface area contributed by atoms with Crippen molar-refractivity contribution in [3.8, 4) is 0 Å². The molecule has 12 heavy (non-hydrogen) atoms. The number of hydrogen-bond acceptors (Lipinski definition) is 4. The maximum atomic E-state index is 10.8. The molecule has 0 saturated heterocycles. The van der Waals surface area contributed by atoms with Crippen LogP contribution in [-0.4, -0.2) is 16.2 Å². The first-order chi connectivity index (χ1) is 5.65. The minimum Gasteiger partial charge on any atom is -0.358 e. The number of hydrogen-bond donors (Lipinski definition) is 1. The molecule has 0 bridgehead atoms. The molecule has 6 heteroatoms. The van der Waals surface area contributed by atoms with E-state index in [0.717, 1.165) is 12.3 Å². The molecule has 0 fully saturated rings. The Morgan fingerprint density at radius 3 is 2.67 bits per heavy atom. The Morgan fingerprint density at radius 2 is 2.25 bits per heavy atom. The van der Waals surface area contributed by atoms with Gasteiger partial charge in [-0.2, -0.15) is 0 Å². The fourth-order valence-electron chi connectivity index (χ4n) is 0.670. The van der Waals surface area contributed by atoms with Crippen LogP contribution in [0.3, 0.4) is 0 Å². The molecule has 1 N–H and O–H groups in total. The van der Waals surface area contributed by atoms with Crippen LogP contribution in [0.25, 0.3) is 0 Å². The Labute approximate surface area is 66.0 Å². The molecule has 0 spiro atoms. The fraction of sp³-hybridized carbons (Fsp3) is 0. The lowest BCUT2D eigenvalue weighted by Crippen LogP contribution is -2.08. The molecule has 62 valence electrons. The molecule has 1 aromatic heterocycles. The third-order valence-corrected chi connectivity index (χ3v) is 1.25. The predicted octanol–water partition coefficient (Wildman–Crippen LogP) is 0.0956. The van der Waals surface area contributed by atoms with Crippen LogP contribution in [0, 0.1) is 10.1 Å². The summed E-state index contributed by atoms with van der Waals surface area (Å²) < 4.78 is 0. The van der Waals surface area contributed by atoms with E-state index in [-0.39, 0.29) is 5.56 Å². The van der Waals surface area contributed by atoms with Gasteiger partial charge in [-0.25, -0.2) is 4.98 Å². The lowest BCUT2D eigenvalue weighted by atomic mass is 10.3. The third-order valence-electron chi connectivity index (χ3n) is 1.25. The van der Waals surface area contributed by atoms with Gasteiger partial charge in [0.15, 0.2) is 6.29 Å². The van der Waals surface area contributed by atoms with Crippen molar-refractivity contribution in [2.45, 2.75) is 0 Å². The first-order valence-corrected chi connectivity index (χ1v) is 2.97. The topological polar surface area (TPSA) is 93.1 Å². The minimum absolute atomic E-state index is 0.124. The molecule has 1 aromatic rings. The molecule has 0 aliphatic carbocycles. The van der Waals surface area contributed by atoms with E-state index in [0.29, 0.717) is 6.29 Å². The summed E-state index contributed by atoms with van der Waals surface area (Å²) in [7, 11) is 0. The number of carbonyl (C=O) groups excluding carboxylic acids is 1. The molecule has 0 aliphatic rings. The summed E-state index contributed by atoms with van der Waals surface area (Å²) in [4.78, 5) is 32.5. The van der Waals surface area contributed by atoms with Crippen molar-refractivity contribution in [3.63, 3.8) is 0 Å². The van der Waals surface area contributed by atoms with Crippen LogP contribution in [0.4, 0.5) is 5.82 Å². The number of pyridine rings is 1. The molecule has 1 rings (SSSR count). The fourth-order valence-corrected chi connectivity index (χ4v) is 0.670. The summed E-state index contributed by atoms with van der Waals surface area (Å²) in [5.74, 6) is -0.425. The summed E-state index contributed by atoms with van der Waals surface area (Å²) in [6.45, 7) is 0. The average Bonchev–Trinajstić information content (AvgIpc) is 2.04. The molecule has 6 nitrogen and oxygen atoms in total. The molecule has 0 saturated carbocycles. The van der Waals surface area contributed by atoms with Gasteiger partial charge in [-0.15, -0.1) is 0 Å². The predicted molar refractivity (Wildman–Crippen MR) is 39.1 cm³/mol. The van der Waals surface area contributed by atoms with Crippen molar-refractivity contribution >= 4 is 12.1 Å². The van der Waals surface area contributed by atoms with Gasteiger partial charge in [0.05, 0.1) is 6.07 Å². The van der Waals surface area contributed by atoms with E-state index in [4.69, 9.17) is 0 Å². The summed E-state index contributed by atoms with van der Waals surface area (Å²) in [5, 5.41) is 10.1. The van der Waals surface area contributed by atoms with Crippen LogP contribution >= 0.6 is 0 Å². The highest BCUT2D eigenvalue weighted by Crippen LogP contribution is 2.00. The zero-order valence-corrected chi connectivity index (χ0v) is 5.81. The van der Waals surface area contributed by atoms with Crippen molar-refractivity contribution in [2.75, 3.05) is 0 Å². The van der Waals surface area contributed by atoms with Gasteiger partial charge in [-0.1, -0.05) is 0 Å². The van der Waals surface area contributed by atoms with E-state index >= 15 is 0 Å². The van der Waals surface area contributed by atoms with Crippen LogP contribution in [0.15, 0.2) is 17.1 Å². The Bertz CT molecular complexity index is 381. The number of nitro groups is 1. The third kappa shape index (κ3) is 1.36. The number of aromatic amines is 1. The van der Waals surface area contributed by atoms with E-state index < -0.39 is 16.2 Å². The zero-order valence-electron chi connectivity index (χ0n) is 5.81. The molecule has 0 atom stereocenters. The van der Waals surface area contributed by atoms with Crippen molar-refractivity contribution in [2.24, 2.45) is 0 Å². The van der Waals surface area contributed by atoms with Crippen LogP contribution in [0.1, 0.15) is 10.4 Å². The van der Waals surface area contributed by atoms with Crippen LogP contribution < -0.4 is 5.43 Å². The smallest absolute Gasteiger partial charge is 0.324 e. The second-order valence-corrected chi connectivity index (χ2v) is 2.01. The molecular formula is C6H4N2O4. The van der Waals surface area contributed by atoms with E-state index in [2.05, 4.69) is 4.98 Å². The molecule has 0 radical (unpaired) electrons. The lowest BCUT2D eigenvalue weighted by molar-refractivity contribution is -0.389. The maximum Gasteiger partial charge on any atom is 0.324 e. The van der Waals surface area contributed by atoms with E-state index in [1.807, 2.05) is 0 Å². The normalized spacial score (nSPS) is 9.33. The first-order valence-electron chi connectivity index (χ1n) is 2.97. The number of aldehydes is 1. The standard InChI is InChI=1S/C6H4N2O4/c9-3-4-2-7-6(8(11)12)1-5(4)10/h1-3H,(H,7,10). The summed E-state index contributed by atoms with van der Waals surface area (Å²) in [5.41, 5.74) is -0.781. The zero-order chi connectivity index (χ0) is 9.14. The van der Waals surface area contributed by atoms with E-state index in [1.165, 1.54) is 0 Å². The summed E-state index contributed by atoms with van der Waals surface area (Å²) in [6.07, 6.45) is 1.34. The number of nitrogens with zero attached hydrogens (tertiary/aromatic N) is 1. The number of carbonyl (C=O) groups is 1. The Kier molecular flexibility index (Phi) is 2.00. The number of nitrogens with one attached hydrogen (secondary N) is 1. The Hall–Kier alpha value is -1.98. The van der Waals surface area contributed by atoms with Gasteiger partial charge in [0.1, 0.15) is 11.8 Å². The van der Waals surface area contributed by atoms with Gasteiger partial charge in [0.2, 0.25) is 5.43 Å². The van der Waals surface area contributed by atoms with Crippen molar-refractivity contribution in [1.29, 1.82) is 0 Å². The Balaban J connectivity index is 3.28. The summed E-state index contributed by atoms with van der Waals surface area (Å²) in [6, 6.07) is 0.768. The van der Waals surface area contributed by atoms with Crippen LogP contribution in [0.5, 0.6) is 0 Å². The molecule has 0 aromatic carbocycles. The van der Waals surface area contributed by atoms with E-state index in [1.54, 1.807) is 0 Å². The monoisotopic (exact) mass is 168 g/mol. The summed E-state index contributed by atoms with van der Waals surface area (Å²) >= 11 is 0. The van der Waals surface area contributed by atoms with Crippen molar-refractivity contribution in [3.05, 3.63) is 38.2 Å². The van der Waals surface area contributed by atoms with Crippen molar-refractivity contribution < 1.29 is 9.72 Å². The largest absolute Gasteiger partial charge is 0.358 e. The highest BCUT2D eigenvalue weighted by atomic mass is 16.6. The number of H-pyrrole nitrogens is 1. The van der Waals surface area contributed by atoms with Gasteiger partial charge in [-0.05, 0) is 4.92 Å². The van der Waals surface area contributed by atoms with Crippen molar-refractivity contribution in [1.82, 2.24) is 4.98 Å². The van der Waals surface area contributed by atoms with E-state index in [9.17, 15) is 19.7 Å². The van der Waals surface area contributed by atoms with Gasteiger partial charge < -0.3 is 10.1 Å². The first kappa shape index (κ1) is 8.12. The minimum atomic E-state index is -0.740. The molecule has 0 unspecified atom stereocenters. The van der Waals surface area contributed by atoms with Crippen LogP contribution in [0.2, 0.25) is 0 Å². The average molecular weight is 168 g/mol. The second kappa shape index (κ2) is 2.95. The van der Waals surface area contributed by atoms with Gasteiger partial charge in [-0.3, -0.25) is 9.59 Å².